The Balaban J connectivity index is 4.07. The molecule has 108 valence electrons. The van der Waals surface area contributed by atoms with Gasteiger partial charge in [0.25, 0.3) is 0 Å². The molecular weight excluding hydrogens is 250 g/mol. The number of urea groups is 1. The molecule has 1 atom stereocenters. The highest BCUT2D eigenvalue weighted by atomic mass is 16.4. The quantitative estimate of drug-likeness (QED) is 0.468. The molecular formula is C12H21N3O4. The van der Waals surface area contributed by atoms with Crippen LogP contribution in [0.4, 0.5) is 4.79 Å². The first-order chi connectivity index (χ1) is 8.86. The third kappa shape index (κ3) is 8.78. The molecule has 0 rings (SSSR count). The van der Waals surface area contributed by atoms with Gasteiger partial charge >= 0.3 is 12.0 Å². The van der Waals surface area contributed by atoms with Gasteiger partial charge in [0.05, 0.1) is 6.54 Å². The normalized spacial score (nSPS) is 11.7. The highest BCUT2D eigenvalue weighted by molar-refractivity contribution is 5.95. The molecule has 0 aliphatic carbocycles. The Morgan fingerprint density at radius 2 is 1.95 bits per heavy atom. The zero-order valence-corrected chi connectivity index (χ0v) is 11.2. The van der Waals surface area contributed by atoms with Gasteiger partial charge in [-0.15, -0.1) is 6.58 Å². The number of imide groups is 1. The van der Waals surface area contributed by atoms with Crippen molar-refractivity contribution < 1.29 is 19.5 Å². The van der Waals surface area contributed by atoms with Gasteiger partial charge in [-0.25, -0.2) is 4.79 Å². The highest BCUT2D eigenvalue weighted by Crippen LogP contribution is 2.04. The number of rotatable bonds is 8. The second-order valence-corrected chi connectivity index (χ2v) is 4.45. The van der Waals surface area contributed by atoms with Crippen molar-refractivity contribution in [3.63, 3.8) is 0 Å². The summed E-state index contributed by atoms with van der Waals surface area (Å²) in [6, 6.07) is -1.44. The van der Waals surface area contributed by atoms with Crippen molar-refractivity contribution in [3.8, 4) is 0 Å². The Morgan fingerprint density at radius 1 is 1.32 bits per heavy atom. The standard InChI is InChI=1S/C12H21N3O4/c1-4-5-13-12(19)15-10(16)7-14-9(11(17)18)6-8(2)3/h4,8-9,14H,1,5-7H2,2-3H3,(H,17,18)(H2,13,15,16,19). The number of carbonyl (C=O) groups excluding carboxylic acids is 2. The Labute approximate surface area is 112 Å². The maximum absolute atomic E-state index is 11.4. The first kappa shape index (κ1) is 17.1. The van der Waals surface area contributed by atoms with Gasteiger partial charge in [-0.1, -0.05) is 19.9 Å². The van der Waals surface area contributed by atoms with Crippen LogP contribution in [-0.4, -0.2) is 42.1 Å². The molecule has 3 amide bonds. The largest absolute Gasteiger partial charge is 0.480 e. The third-order valence-electron chi connectivity index (χ3n) is 2.17. The lowest BCUT2D eigenvalue weighted by Gasteiger charge is -2.16. The van der Waals surface area contributed by atoms with Gasteiger partial charge in [-0.2, -0.15) is 0 Å². The molecule has 0 aromatic carbocycles. The summed E-state index contributed by atoms with van der Waals surface area (Å²) in [6.07, 6.45) is 1.89. The van der Waals surface area contributed by atoms with Gasteiger partial charge in [0.2, 0.25) is 5.91 Å². The minimum atomic E-state index is -1.02. The van der Waals surface area contributed by atoms with Crippen molar-refractivity contribution in [3.05, 3.63) is 12.7 Å². The predicted molar refractivity (Wildman–Crippen MR) is 70.6 cm³/mol. The minimum Gasteiger partial charge on any atom is -0.480 e. The second kappa shape index (κ2) is 9.09. The van der Waals surface area contributed by atoms with Gasteiger partial charge in [-0.05, 0) is 12.3 Å². The topological polar surface area (TPSA) is 108 Å². The SMILES string of the molecule is C=CCNC(=O)NC(=O)CNC(CC(C)C)C(=O)O. The van der Waals surface area contributed by atoms with Gasteiger partial charge in [-0.3, -0.25) is 20.2 Å². The molecule has 0 heterocycles. The second-order valence-electron chi connectivity index (χ2n) is 4.45. The summed E-state index contributed by atoms with van der Waals surface area (Å²) >= 11 is 0. The minimum absolute atomic E-state index is 0.188. The monoisotopic (exact) mass is 271 g/mol. The van der Waals surface area contributed by atoms with Crippen LogP contribution in [0.3, 0.4) is 0 Å². The van der Waals surface area contributed by atoms with Crippen molar-refractivity contribution in [2.75, 3.05) is 13.1 Å². The van der Waals surface area contributed by atoms with Gasteiger partial charge in [0.1, 0.15) is 6.04 Å². The molecule has 0 bridgehead atoms. The van der Waals surface area contributed by atoms with Gasteiger partial charge in [0, 0.05) is 6.54 Å². The lowest BCUT2D eigenvalue weighted by molar-refractivity contribution is -0.140. The Hall–Kier alpha value is -1.89. The van der Waals surface area contributed by atoms with Crippen molar-refractivity contribution >= 4 is 17.9 Å². The van der Waals surface area contributed by atoms with Gasteiger partial charge < -0.3 is 10.4 Å². The lowest BCUT2D eigenvalue weighted by Crippen LogP contribution is -2.47. The summed E-state index contributed by atoms with van der Waals surface area (Å²) in [6.45, 7) is 7.21. The zero-order chi connectivity index (χ0) is 14.8. The van der Waals surface area contributed by atoms with E-state index in [0.717, 1.165) is 0 Å². The van der Waals surface area contributed by atoms with Crippen LogP contribution in [0.25, 0.3) is 0 Å². The molecule has 0 radical (unpaired) electrons. The zero-order valence-electron chi connectivity index (χ0n) is 11.2. The van der Waals surface area contributed by atoms with Crippen LogP contribution >= 0.6 is 0 Å². The molecule has 19 heavy (non-hydrogen) atoms. The molecule has 0 aromatic rings. The molecule has 0 spiro atoms. The fourth-order valence-corrected chi connectivity index (χ4v) is 1.34. The van der Waals surface area contributed by atoms with Crippen LogP contribution in [0, 0.1) is 5.92 Å². The average Bonchev–Trinajstić information content (AvgIpc) is 2.31. The summed E-state index contributed by atoms with van der Waals surface area (Å²) in [5.74, 6) is -1.42. The van der Waals surface area contributed by atoms with Crippen LogP contribution in [0.1, 0.15) is 20.3 Å². The number of nitrogens with one attached hydrogen (secondary N) is 3. The molecule has 4 N–H and O–H groups in total. The Bertz CT molecular complexity index is 342. The van der Waals surface area contributed by atoms with E-state index < -0.39 is 23.9 Å². The first-order valence-corrected chi connectivity index (χ1v) is 6.01. The van der Waals surface area contributed by atoms with E-state index in [0.29, 0.717) is 6.42 Å². The molecule has 7 nitrogen and oxygen atoms in total. The van der Waals surface area contributed by atoms with Crippen LogP contribution in [0.15, 0.2) is 12.7 Å². The molecule has 0 aliphatic rings. The molecule has 0 aliphatic heterocycles. The molecule has 0 aromatic heterocycles. The molecule has 1 unspecified atom stereocenters. The maximum Gasteiger partial charge on any atom is 0.321 e. The number of amides is 3. The van der Waals surface area contributed by atoms with E-state index in [2.05, 4.69) is 22.5 Å². The van der Waals surface area contributed by atoms with E-state index in [-0.39, 0.29) is 19.0 Å². The summed E-state index contributed by atoms with van der Waals surface area (Å²) in [7, 11) is 0. The van der Waals surface area contributed by atoms with Crippen molar-refractivity contribution in [2.45, 2.75) is 26.3 Å². The predicted octanol–water partition coefficient (Wildman–Crippen LogP) is 0.0871. The molecule has 0 saturated carbocycles. The van der Waals surface area contributed by atoms with E-state index in [4.69, 9.17) is 5.11 Å². The summed E-state index contributed by atoms with van der Waals surface area (Å²) in [4.78, 5) is 33.4. The maximum atomic E-state index is 11.4. The van der Waals surface area contributed by atoms with E-state index in [1.54, 1.807) is 0 Å². The average molecular weight is 271 g/mol. The number of hydrogen-bond donors (Lipinski definition) is 4. The number of carbonyl (C=O) groups is 3. The van der Waals surface area contributed by atoms with Gasteiger partial charge in [0.15, 0.2) is 0 Å². The van der Waals surface area contributed by atoms with Crippen LogP contribution in [-0.2, 0) is 9.59 Å². The number of hydrogen-bond acceptors (Lipinski definition) is 4. The molecule has 7 heteroatoms. The summed E-state index contributed by atoms with van der Waals surface area (Å²) in [5.41, 5.74) is 0. The van der Waals surface area contributed by atoms with Crippen molar-refractivity contribution in [1.82, 2.24) is 16.0 Å². The van der Waals surface area contributed by atoms with E-state index >= 15 is 0 Å². The fourth-order valence-electron chi connectivity index (χ4n) is 1.34. The highest BCUT2D eigenvalue weighted by Gasteiger charge is 2.19. The van der Waals surface area contributed by atoms with Crippen molar-refractivity contribution in [2.24, 2.45) is 5.92 Å². The third-order valence-corrected chi connectivity index (χ3v) is 2.17. The van der Waals surface area contributed by atoms with Crippen LogP contribution < -0.4 is 16.0 Å². The van der Waals surface area contributed by atoms with E-state index in [1.165, 1.54) is 6.08 Å². The smallest absolute Gasteiger partial charge is 0.321 e. The first-order valence-electron chi connectivity index (χ1n) is 6.01. The number of carboxylic acid groups (broad SMARTS) is 1. The fraction of sp³-hybridized carbons (Fsp3) is 0.583. The lowest BCUT2D eigenvalue weighted by atomic mass is 10.0. The van der Waals surface area contributed by atoms with Crippen molar-refractivity contribution in [1.29, 1.82) is 0 Å². The summed E-state index contributed by atoms with van der Waals surface area (Å²) < 4.78 is 0. The van der Waals surface area contributed by atoms with E-state index in [9.17, 15) is 14.4 Å². The Morgan fingerprint density at radius 3 is 2.42 bits per heavy atom. The molecule has 0 saturated heterocycles. The summed E-state index contributed by atoms with van der Waals surface area (Å²) in [5, 5.41) is 16.0. The Kier molecular flexibility index (Phi) is 8.19. The number of carboxylic acids is 1. The number of aliphatic carboxylic acids is 1. The molecule has 0 fully saturated rings. The van der Waals surface area contributed by atoms with Crippen LogP contribution in [0.2, 0.25) is 0 Å². The van der Waals surface area contributed by atoms with Crippen LogP contribution in [0.5, 0.6) is 0 Å². The van der Waals surface area contributed by atoms with E-state index in [1.807, 2.05) is 13.8 Å².